The molecular formula is C11H19BrO. The Balaban J connectivity index is 5.12. The molecule has 0 saturated heterocycles. The molecule has 0 unspecified atom stereocenters. The zero-order valence-electron chi connectivity index (χ0n) is 9.36. The number of methoxy groups -OCH3 is 1. The summed E-state index contributed by atoms with van der Waals surface area (Å²) in [6.07, 6.45) is 2.11. The first-order valence-corrected chi connectivity index (χ1v) is 5.17. The first-order valence-electron chi connectivity index (χ1n) is 4.38. The molecule has 13 heavy (non-hydrogen) atoms. The second-order valence-corrected chi connectivity index (χ2v) is 5.41. The summed E-state index contributed by atoms with van der Waals surface area (Å²) in [6, 6.07) is 0. The highest BCUT2D eigenvalue weighted by atomic mass is 79.9. The van der Waals surface area contributed by atoms with E-state index in [9.17, 15) is 0 Å². The third kappa shape index (κ3) is 4.51. The van der Waals surface area contributed by atoms with Crippen LogP contribution in [0, 0.1) is 5.41 Å². The zero-order valence-corrected chi connectivity index (χ0v) is 10.9. The van der Waals surface area contributed by atoms with Gasteiger partial charge < -0.3 is 4.74 Å². The molecule has 76 valence electrons. The van der Waals surface area contributed by atoms with Crippen molar-refractivity contribution in [1.82, 2.24) is 0 Å². The van der Waals surface area contributed by atoms with E-state index in [1.807, 2.05) is 13.8 Å². The average molecular weight is 247 g/mol. The number of halogens is 1. The Morgan fingerprint density at radius 1 is 1.23 bits per heavy atom. The van der Waals surface area contributed by atoms with Gasteiger partial charge in [-0.15, -0.1) is 0 Å². The van der Waals surface area contributed by atoms with Gasteiger partial charge in [-0.05, 0) is 35.4 Å². The van der Waals surface area contributed by atoms with Crippen molar-refractivity contribution in [3.8, 4) is 0 Å². The van der Waals surface area contributed by atoms with Crippen LogP contribution in [0.25, 0.3) is 0 Å². The van der Waals surface area contributed by atoms with E-state index in [0.29, 0.717) is 0 Å². The van der Waals surface area contributed by atoms with E-state index in [4.69, 9.17) is 4.74 Å². The molecule has 0 N–H and O–H groups in total. The normalized spacial score (nSPS) is 15.5. The van der Waals surface area contributed by atoms with Gasteiger partial charge in [0, 0.05) is 0 Å². The lowest BCUT2D eigenvalue weighted by Gasteiger charge is -2.22. The summed E-state index contributed by atoms with van der Waals surface area (Å²) >= 11 is 3.44. The van der Waals surface area contributed by atoms with Crippen LogP contribution in [0.1, 0.15) is 34.6 Å². The van der Waals surface area contributed by atoms with Gasteiger partial charge in [0.15, 0.2) is 0 Å². The predicted octanol–water partition coefficient (Wildman–Crippen LogP) is 4.25. The van der Waals surface area contributed by atoms with Crippen molar-refractivity contribution < 1.29 is 4.74 Å². The van der Waals surface area contributed by atoms with Gasteiger partial charge in [0.1, 0.15) is 0 Å². The van der Waals surface area contributed by atoms with Gasteiger partial charge in [-0.2, -0.15) is 0 Å². The summed E-state index contributed by atoms with van der Waals surface area (Å²) in [6.45, 7) is 10.5. The van der Waals surface area contributed by atoms with E-state index in [1.54, 1.807) is 7.11 Å². The fourth-order valence-electron chi connectivity index (χ4n) is 1.16. The van der Waals surface area contributed by atoms with Crippen LogP contribution in [0.5, 0.6) is 0 Å². The summed E-state index contributed by atoms with van der Waals surface area (Å²) in [5, 5.41) is 0. The molecule has 1 nitrogen and oxygen atoms in total. The lowest BCUT2D eigenvalue weighted by Crippen LogP contribution is -2.10. The van der Waals surface area contributed by atoms with Gasteiger partial charge in [0.05, 0.1) is 12.9 Å². The Morgan fingerprint density at radius 2 is 1.69 bits per heavy atom. The molecule has 0 fully saturated rings. The SMILES string of the molecule is CO/C(C)=C(/C=C(\C)Br)C(C)(C)C. The predicted molar refractivity (Wildman–Crippen MR) is 61.8 cm³/mol. The van der Waals surface area contributed by atoms with Gasteiger partial charge >= 0.3 is 0 Å². The lowest BCUT2D eigenvalue weighted by molar-refractivity contribution is 0.279. The van der Waals surface area contributed by atoms with Crippen LogP contribution in [-0.2, 0) is 4.74 Å². The van der Waals surface area contributed by atoms with E-state index in [1.165, 1.54) is 5.57 Å². The largest absolute Gasteiger partial charge is 0.501 e. The monoisotopic (exact) mass is 246 g/mol. The lowest BCUT2D eigenvalue weighted by atomic mass is 9.85. The summed E-state index contributed by atoms with van der Waals surface area (Å²) in [5.41, 5.74) is 1.35. The maximum absolute atomic E-state index is 5.25. The van der Waals surface area contributed by atoms with E-state index in [-0.39, 0.29) is 5.41 Å². The number of hydrogen-bond donors (Lipinski definition) is 0. The van der Waals surface area contributed by atoms with Crippen LogP contribution in [0.3, 0.4) is 0 Å². The molecule has 0 aliphatic carbocycles. The molecular weight excluding hydrogens is 228 g/mol. The standard InChI is InChI=1S/C11H19BrO/c1-8(12)7-10(9(2)13-6)11(3,4)5/h7H,1-6H3/b8-7+,10-9-. The highest BCUT2D eigenvalue weighted by molar-refractivity contribution is 9.11. The second-order valence-electron chi connectivity index (χ2n) is 4.16. The quantitative estimate of drug-likeness (QED) is 0.523. The van der Waals surface area contributed by atoms with Crippen molar-refractivity contribution in [2.45, 2.75) is 34.6 Å². The fraction of sp³-hybridized carbons (Fsp3) is 0.636. The molecule has 0 radical (unpaired) electrons. The van der Waals surface area contributed by atoms with Crippen LogP contribution in [0.4, 0.5) is 0 Å². The molecule has 0 bridgehead atoms. The molecule has 0 atom stereocenters. The van der Waals surface area contributed by atoms with Crippen molar-refractivity contribution in [3.05, 3.63) is 21.9 Å². The van der Waals surface area contributed by atoms with Gasteiger partial charge in [0.2, 0.25) is 0 Å². The van der Waals surface area contributed by atoms with E-state index < -0.39 is 0 Å². The van der Waals surface area contributed by atoms with Gasteiger partial charge in [0.25, 0.3) is 0 Å². The fourth-order valence-corrected chi connectivity index (χ4v) is 1.38. The van der Waals surface area contributed by atoms with E-state index >= 15 is 0 Å². The molecule has 0 heterocycles. The summed E-state index contributed by atoms with van der Waals surface area (Å²) in [7, 11) is 1.71. The maximum Gasteiger partial charge on any atom is 0.0962 e. The minimum atomic E-state index is 0.120. The van der Waals surface area contributed by atoms with Crippen LogP contribution in [0.15, 0.2) is 21.9 Å². The van der Waals surface area contributed by atoms with Crippen LogP contribution in [0.2, 0.25) is 0 Å². The van der Waals surface area contributed by atoms with E-state index in [2.05, 4.69) is 42.8 Å². The highest BCUT2D eigenvalue weighted by Gasteiger charge is 2.18. The summed E-state index contributed by atoms with van der Waals surface area (Å²) in [5.74, 6) is 0.978. The van der Waals surface area contributed by atoms with Crippen molar-refractivity contribution >= 4 is 15.9 Å². The van der Waals surface area contributed by atoms with Crippen LogP contribution < -0.4 is 0 Å². The molecule has 0 saturated carbocycles. The Hall–Kier alpha value is -0.240. The number of hydrogen-bond acceptors (Lipinski definition) is 1. The number of ether oxygens (including phenoxy) is 1. The highest BCUT2D eigenvalue weighted by Crippen LogP contribution is 2.30. The Labute approximate surface area is 90.0 Å². The number of allylic oxidation sites excluding steroid dienone is 4. The summed E-state index contributed by atoms with van der Waals surface area (Å²) in [4.78, 5) is 0. The van der Waals surface area contributed by atoms with Crippen LogP contribution in [-0.4, -0.2) is 7.11 Å². The molecule has 2 heteroatoms. The maximum atomic E-state index is 5.25. The molecule has 0 rings (SSSR count). The summed E-state index contributed by atoms with van der Waals surface area (Å²) < 4.78 is 6.37. The second kappa shape index (κ2) is 4.85. The number of rotatable bonds is 2. The minimum absolute atomic E-state index is 0.120. The smallest absolute Gasteiger partial charge is 0.0962 e. The molecule has 0 aliphatic heterocycles. The van der Waals surface area contributed by atoms with Gasteiger partial charge in [-0.1, -0.05) is 36.7 Å². The molecule has 0 aromatic rings. The first kappa shape index (κ1) is 12.8. The van der Waals surface area contributed by atoms with Crippen molar-refractivity contribution in [3.63, 3.8) is 0 Å². The van der Waals surface area contributed by atoms with E-state index in [0.717, 1.165) is 10.2 Å². The third-order valence-corrected chi connectivity index (χ3v) is 2.07. The van der Waals surface area contributed by atoms with Crippen molar-refractivity contribution in [2.75, 3.05) is 7.11 Å². The van der Waals surface area contributed by atoms with Crippen LogP contribution >= 0.6 is 15.9 Å². The van der Waals surface area contributed by atoms with Crippen molar-refractivity contribution in [2.24, 2.45) is 5.41 Å². The third-order valence-electron chi connectivity index (χ3n) is 1.84. The average Bonchev–Trinajstić information content (AvgIpc) is 1.96. The minimum Gasteiger partial charge on any atom is -0.501 e. The van der Waals surface area contributed by atoms with Gasteiger partial charge in [-0.25, -0.2) is 0 Å². The molecule has 0 amide bonds. The topological polar surface area (TPSA) is 9.23 Å². The van der Waals surface area contributed by atoms with Gasteiger partial charge in [-0.3, -0.25) is 0 Å². The Kier molecular flexibility index (Phi) is 4.76. The first-order chi connectivity index (χ1) is 5.79. The Morgan fingerprint density at radius 3 is 1.92 bits per heavy atom. The van der Waals surface area contributed by atoms with Crippen molar-refractivity contribution in [1.29, 1.82) is 0 Å². The zero-order chi connectivity index (χ0) is 10.6. The Bertz CT molecular complexity index is 227. The molecule has 0 aromatic carbocycles. The molecule has 0 aromatic heterocycles. The molecule has 0 aliphatic rings. The molecule has 0 spiro atoms.